The number of benzene rings is 5. The Hall–Kier alpha value is -6.60. The molecule has 0 aliphatic carbocycles. The van der Waals surface area contributed by atoms with Gasteiger partial charge in [0.05, 0.1) is 34.5 Å². The molecule has 13 rings (SSSR count). The van der Waals surface area contributed by atoms with Gasteiger partial charge in [-0.05, 0) is 67.0 Å². The van der Waals surface area contributed by atoms with Gasteiger partial charge in [-0.1, -0.05) is 88.8 Å². The zero-order valence-electron chi connectivity index (χ0n) is 26.8. The Bertz CT molecular complexity index is 3040. The van der Waals surface area contributed by atoms with Gasteiger partial charge in [-0.25, -0.2) is 0 Å². The highest BCUT2D eigenvalue weighted by atomic mass is 15.5. The van der Waals surface area contributed by atoms with E-state index in [9.17, 15) is 0 Å². The van der Waals surface area contributed by atoms with E-state index in [2.05, 4.69) is 192 Å². The normalized spacial score (nSPS) is 17.4. The number of nitrogens with zero attached hydrogens (tertiary/aromatic N) is 6. The van der Waals surface area contributed by atoms with Crippen LogP contribution in [0.3, 0.4) is 0 Å². The van der Waals surface area contributed by atoms with E-state index in [1.54, 1.807) is 0 Å². The Kier molecular flexibility index (Phi) is 4.33. The van der Waals surface area contributed by atoms with Gasteiger partial charge < -0.3 is 9.47 Å². The van der Waals surface area contributed by atoms with E-state index >= 15 is 0 Å². The fourth-order valence-corrected chi connectivity index (χ4v) is 9.78. The van der Waals surface area contributed by atoms with Gasteiger partial charge in [-0.2, -0.15) is 9.13 Å². The lowest BCUT2D eigenvalue weighted by Crippen LogP contribution is -2.76. The minimum absolute atomic E-state index is 0.255. The van der Waals surface area contributed by atoms with Crippen LogP contribution in [0.4, 0.5) is 5.69 Å². The highest BCUT2D eigenvalue weighted by Crippen LogP contribution is 2.53. The summed E-state index contributed by atoms with van der Waals surface area (Å²) >= 11 is 0. The van der Waals surface area contributed by atoms with Gasteiger partial charge in [-0.3, -0.25) is 0 Å². The van der Waals surface area contributed by atoms with E-state index < -0.39 is 5.66 Å². The van der Waals surface area contributed by atoms with Crippen molar-refractivity contribution >= 4 is 61.6 Å². The van der Waals surface area contributed by atoms with Crippen molar-refractivity contribution in [3.63, 3.8) is 0 Å². The first-order chi connectivity index (χ1) is 24.8. The van der Waals surface area contributed by atoms with Gasteiger partial charge >= 0.3 is 11.3 Å². The molecule has 0 N–H and O–H groups in total. The maximum absolute atomic E-state index is 2.56. The maximum Gasteiger partial charge on any atom is 0.394 e. The molecule has 1 unspecified atom stereocenters. The number of hydrogen-bond donors (Lipinski definition) is 0. The Morgan fingerprint density at radius 3 is 2.08 bits per heavy atom. The van der Waals surface area contributed by atoms with Crippen LogP contribution in [-0.2, 0) is 5.66 Å². The van der Waals surface area contributed by atoms with Crippen molar-refractivity contribution in [3.8, 4) is 17.1 Å². The summed E-state index contributed by atoms with van der Waals surface area (Å²) in [6.07, 6.45) is 11.4. The Labute approximate surface area is 286 Å². The van der Waals surface area contributed by atoms with Crippen molar-refractivity contribution in [1.82, 2.24) is 13.8 Å². The molecular weight excluding hydrogens is 611 g/mol. The number of para-hydroxylation sites is 2. The second kappa shape index (κ2) is 8.51. The van der Waals surface area contributed by atoms with Crippen LogP contribution < -0.4 is 19.6 Å². The van der Waals surface area contributed by atoms with Crippen LogP contribution >= 0.6 is 0 Å². The number of fused-ring (bicyclic) bond motifs is 10. The first-order valence-corrected chi connectivity index (χ1v) is 17.3. The van der Waals surface area contributed by atoms with Crippen molar-refractivity contribution in [2.75, 3.05) is 4.90 Å². The maximum atomic E-state index is 2.56. The second-order valence-electron chi connectivity index (χ2n) is 13.9. The van der Waals surface area contributed by atoms with Gasteiger partial charge in [-0.15, -0.1) is 4.68 Å². The Balaban J connectivity index is 1.17. The highest BCUT2D eigenvalue weighted by Gasteiger charge is 2.68. The molecule has 5 aromatic carbocycles. The van der Waals surface area contributed by atoms with Crippen molar-refractivity contribution < 1.29 is 9.25 Å². The molecule has 50 heavy (non-hydrogen) atoms. The zero-order valence-corrected chi connectivity index (χ0v) is 26.8. The third-order valence-electron chi connectivity index (χ3n) is 11.7. The fourth-order valence-electron chi connectivity index (χ4n) is 9.78. The number of aromatic nitrogens is 5. The third kappa shape index (κ3) is 2.69. The first kappa shape index (κ1) is 25.4. The molecule has 1 spiro atoms. The lowest BCUT2D eigenvalue weighted by atomic mass is 9.45. The largest absolute Gasteiger partial charge is 0.394 e. The highest BCUT2D eigenvalue weighted by molar-refractivity contribution is 6.82. The minimum atomic E-state index is -0.664. The summed E-state index contributed by atoms with van der Waals surface area (Å²) < 4.78 is 12.5. The van der Waals surface area contributed by atoms with E-state index in [0.717, 1.165) is 5.69 Å². The van der Waals surface area contributed by atoms with Crippen LogP contribution in [0.15, 0.2) is 164 Å². The van der Waals surface area contributed by atoms with Crippen molar-refractivity contribution in [3.05, 3.63) is 175 Å². The summed E-state index contributed by atoms with van der Waals surface area (Å²) in [5.74, 6) is 4.58. The van der Waals surface area contributed by atoms with Crippen LogP contribution in [0.2, 0.25) is 0 Å². The lowest BCUT2D eigenvalue weighted by Gasteiger charge is -2.33. The molecule has 0 radical (unpaired) electrons. The fraction of sp³-hybridized carbons (Fsp3) is 0.0233. The Morgan fingerprint density at radius 2 is 1.26 bits per heavy atom. The minimum Gasteiger partial charge on any atom is -0.320 e. The van der Waals surface area contributed by atoms with Gasteiger partial charge in [0, 0.05) is 16.2 Å². The van der Waals surface area contributed by atoms with Crippen molar-refractivity contribution in [1.29, 1.82) is 0 Å². The van der Waals surface area contributed by atoms with Gasteiger partial charge in [0.25, 0.3) is 0 Å². The smallest absolute Gasteiger partial charge is 0.320 e. The SMILES string of the molecule is C1=CN(c2cn3[n+](c2)C24c5c(cccc5-n5c6ccccc6c6ccc[n+]2c65)-n2c5ccccc5c5ccc-3c4c52)C=CB1c1ccccc1. The molecule has 230 valence electrons. The van der Waals surface area contributed by atoms with Crippen LogP contribution in [0.1, 0.15) is 11.1 Å². The predicted octanol–water partition coefficient (Wildman–Crippen LogP) is 6.81. The predicted molar refractivity (Wildman–Crippen MR) is 199 cm³/mol. The average molecular weight is 639 g/mol. The summed E-state index contributed by atoms with van der Waals surface area (Å²) in [5.41, 5.74) is 13.0. The lowest BCUT2D eigenvalue weighted by molar-refractivity contribution is -0.987. The summed E-state index contributed by atoms with van der Waals surface area (Å²) in [7, 11) is 0. The molecular formula is C43H27BN6+2. The van der Waals surface area contributed by atoms with Crippen LogP contribution in [-0.4, -0.2) is 20.5 Å². The van der Waals surface area contributed by atoms with E-state index in [0.29, 0.717) is 0 Å². The molecule has 9 aromatic rings. The van der Waals surface area contributed by atoms with Gasteiger partial charge in [0.2, 0.25) is 12.9 Å². The molecule has 0 bridgehead atoms. The molecule has 4 aliphatic heterocycles. The number of pyridine rings is 1. The van der Waals surface area contributed by atoms with E-state index in [1.807, 2.05) is 0 Å². The monoisotopic (exact) mass is 638 g/mol. The second-order valence-corrected chi connectivity index (χ2v) is 13.9. The number of rotatable bonds is 2. The molecule has 1 atom stereocenters. The first-order valence-electron chi connectivity index (χ1n) is 17.3. The zero-order chi connectivity index (χ0) is 32.3. The standard InChI is InChI=1S/C43H27BN6/c1-2-10-28(11-3-1)44-21-24-45(25-22-44)29-26-47-36-20-19-32-30-12-4-6-15-34(30)49-37-17-8-18-38-39(37)43(48(47)27-29,40(36)41(32)49)46-23-9-14-33-31-13-5-7-16-35(31)50(38)42(33)46/h1-27H/q+2. The summed E-state index contributed by atoms with van der Waals surface area (Å²) in [5, 5.41) is 5.09. The topological polar surface area (TPSA) is 25.8 Å². The van der Waals surface area contributed by atoms with Crippen LogP contribution in [0.25, 0.3) is 60.8 Å². The summed E-state index contributed by atoms with van der Waals surface area (Å²) in [6.45, 7) is 0.255. The quantitative estimate of drug-likeness (QED) is 0.151. The number of anilines is 1. The van der Waals surface area contributed by atoms with Crippen LogP contribution in [0, 0.1) is 0 Å². The Morgan fingerprint density at radius 1 is 0.560 bits per heavy atom. The molecule has 0 amide bonds. The van der Waals surface area contributed by atoms with E-state index in [4.69, 9.17) is 0 Å². The van der Waals surface area contributed by atoms with Gasteiger partial charge in [0.1, 0.15) is 28.0 Å². The average Bonchev–Trinajstić information content (AvgIpc) is 3.92. The van der Waals surface area contributed by atoms with Crippen molar-refractivity contribution in [2.24, 2.45) is 0 Å². The molecule has 4 aromatic heterocycles. The molecule has 7 heteroatoms. The van der Waals surface area contributed by atoms with E-state index in [-0.39, 0.29) is 6.71 Å². The van der Waals surface area contributed by atoms with Crippen molar-refractivity contribution in [2.45, 2.75) is 5.66 Å². The van der Waals surface area contributed by atoms with E-state index in [1.165, 1.54) is 77.4 Å². The number of hydrogen-bond acceptors (Lipinski definition) is 1. The van der Waals surface area contributed by atoms with Crippen LogP contribution in [0.5, 0.6) is 0 Å². The van der Waals surface area contributed by atoms with Gasteiger partial charge in [0.15, 0.2) is 5.69 Å². The molecule has 4 aliphatic rings. The molecule has 0 saturated heterocycles. The molecule has 8 heterocycles. The summed E-state index contributed by atoms with van der Waals surface area (Å²) in [4.78, 5) is 2.25. The molecule has 0 fully saturated rings. The summed E-state index contributed by atoms with van der Waals surface area (Å²) in [6, 6.07) is 44.5. The third-order valence-corrected chi connectivity index (χ3v) is 11.7. The molecule has 0 saturated carbocycles. The molecule has 6 nitrogen and oxygen atoms in total.